The van der Waals surface area contributed by atoms with Gasteiger partial charge in [0.25, 0.3) is 0 Å². The third kappa shape index (κ3) is 2.66. The van der Waals surface area contributed by atoms with Crippen LogP contribution in [0.25, 0.3) is 11.3 Å². The zero-order valence-electron chi connectivity index (χ0n) is 12.6. The maximum absolute atomic E-state index is 5.99. The fourth-order valence-corrected chi connectivity index (χ4v) is 2.62. The largest absolute Gasteiger partial charge is 0.460 e. The molecule has 0 unspecified atom stereocenters. The second kappa shape index (κ2) is 5.44. The van der Waals surface area contributed by atoms with Gasteiger partial charge in [-0.15, -0.1) is 0 Å². The highest BCUT2D eigenvalue weighted by Gasteiger charge is 2.21. The van der Waals surface area contributed by atoms with Gasteiger partial charge < -0.3 is 9.73 Å². The number of aromatic nitrogens is 2. The van der Waals surface area contributed by atoms with E-state index in [4.69, 9.17) is 4.42 Å². The van der Waals surface area contributed by atoms with Crippen molar-refractivity contribution in [2.75, 3.05) is 0 Å². The molecule has 1 aliphatic carbocycles. The predicted octanol–water partition coefficient (Wildman–Crippen LogP) is 3.42. The van der Waals surface area contributed by atoms with Crippen molar-refractivity contribution in [2.45, 2.75) is 59.2 Å². The lowest BCUT2D eigenvalue weighted by molar-refractivity contribution is 0.492. The number of aryl methyl sites for hydroxylation is 2. The molecule has 0 saturated heterocycles. The maximum atomic E-state index is 5.99. The molecule has 4 nitrogen and oxygen atoms in total. The maximum Gasteiger partial charge on any atom is 0.138 e. The van der Waals surface area contributed by atoms with Crippen molar-refractivity contribution >= 4 is 0 Å². The molecule has 2 heterocycles. The van der Waals surface area contributed by atoms with Gasteiger partial charge in [0.2, 0.25) is 0 Å². The molecule has 0 aromatic carbocycles. The van der Waals surface area contributed by atoms with E-state index in [-0.39, 0.29) is 0 Å². The lowest BCUT2D eigenvalue weighted by Crippen LogP contribution is -2.14. The average molecular weight is 273 g/mol. The van der Waals surface area contributed by atoms with Gasteiger partial charge in [-0.25, -0.2) is 0 Å². The number of rotatable bonds is 6. The first-order chi connectivity index (χ1) is 9.69. The van der Waals surface area contributed by atoms with E-state index in [1.807, 2.05) is 0 Å². The summed E-state index contributed by atoms with van der Waals surface area (Å²) in [5.41, 5.74) is 3.39. The van der Waals surface area contributed by atoms with Crippen LogP contribution < -0.4 is 5.32 Å². The zero-order chi connectivity index (χ0) is 14.1. The Balaban J connectivity index is 1.80. The molecule has 0 spiro atoms. The summed E-state index contributed by atoms with van der Waals surface area (Å²) < 4.78 is 8.06. The molecule has 0 atom stereocenters. The molecular weight excluding hydrogens is 250 g/mol. The van der Waals surface area contributed by atoms with Gasteiger partial charge in [0.05, 0.1) is 17.8 Å². The van der Waals surface area contributed by atoms with Gasteiger partial charge in [0.15, 0.2) is 0 Å². The van der Waals surface area contributed by atoms with E-state index in [1.54, 1.807) is 0 Å². The lowest BCUT2D eigenvalue weighted by atomic mass is 10.1. The van der Waals surface area contributed by atoms with Crippen LogP contribution in [-0.4, -0.2) is 15.8 Å². The molecule has 1 N–H and O–H groups in total. The van der Waals surface area contributed by atoms with E-state index in [0.29, 0.717) is 6.04 Å². The van der Waals surface area contributed by atoms with Crippen LogP contribution in [0.5, 0.6) is 0 Å². The molecule has 4 heteroatoms. The highest BCUT2D eigenvalue weighted by Crippen LogP contribution is 2.29. The summed E-state index contributed by atoms with van der Waals surface area (Å²) in [6, 6.07) is 4.84. The highest BCUT2D eigenvalue weighted by molar-refractivity contribution is 5.63. The highest BCUT2D eigenvalue weighted by atomic mass is 16.3. The van der Waals surface area contributed by atoms with Gasteiger partial charge in [0.1, 0.15) is 11.5 Å². The van der Waals surface area contributed by atoms with Crippen molar-refractivity contribution in [3.8, 4) is 11.3 Å². The standard InChI is InChI=1S/C16H23N3O/c1-4-9-19-12(3)16(11(2)18-19)15-8-7-14(20-15)10-17-13-5-6-13/h7-8,13,17H,4-6,9-10H2,1-3H3. The number of furan rings is 1. The molecule has 2 aromatic rings. The summed E-state index contributed by atoms with van der Waals surface area (Å²) in [6.07, 6.45) is 3.70. The molecule has 3 rings (SSSR count). The van der Waals surface area contributed by atoms with E-state index < -0.39 is 0 Å². The summed E-state index contributed by atoms with van der Waals surface area (Å²) in [5, 5.41) is 8.09. The Morgan fingerprint density at radius 1 is 1.35 bits per heavy atom. The van der Waals surface area contributed by atoms with Gasteiger partial charge in [-0.05, 0) is 45.2 Å². The molecular formula is C16H23N3O. The minimum absolute atomic E-state index is 0.708. The molecule has 1 fully saturated rings. The summed E-state index contributed by atoms with van der Waals surface area (Å²) >= 11 is 0. The number of nitrogens with zero attached hydrogens (tertiary/aromatic N) is 2. The monoisotopic (exact) mass is 273 g/mol. The topological polar surface area (TPSA) is 43.0 Å². The Labute approximate surface area is 120 Å². The van der Waals surface area contributed by atoms with Crippen molar-refractivity contribution in [1.29, 1.82) is 0 Å². The van der Waals surface area contributed by atoms with Crippen LogP contribution in [0.3, 0.4) is 0 Å². The van der Waals surface area contributed by atoms with E-state index >= 15 is 0 Å². The normalized spacial score (nSPS) is 14.9. The number of hydrogen-bond donors (Lipinski definition) is 1. The second-order valence-electron chi connectivity index (χ2n) is 5.69. The first-order valence-electron chi connectivity index (χ1n) is 7.55. The SMILES string of the molecule is CCCn1nc(C)c(-c2ccc(CNC3CC3)o2)c1C. The quantitative estimate of drug-likeness (QED) is 0.877. The molecule has 2 aromatic heterocycles. The Morgan fingerprint density at radius 3 is 2.85 bits per heavy atom. The lowest BCUT2D eigenvalue weighted by Gasteiger charge is -2.02. The van der Waals surface area contributed by atoms with Gasteiger partial charge >= 0.3 is 0 Å². The van der Waals surface area contributed by atoms with E-state index in [1.165, 1.54) is 18.5 Å². The number of hydrogen-bond acceptors (Lipinski definition) is 3. The minimum Gasteiger partial charge on any atom is -0.460 e. The van der Waals surface area contributed by atoms with Gasteiger partial charge in [-0.1, -0.05) is 6.92 Å². The predicted molar refractivity (Wildman–Crippen MR) is 79.6 cm³/mol. The Morgan fingerprint density at radius 2 is 2.15 bits per heavy atom. The van der Waals surface area contributed by atoms with Crippen LogP contribution in [-0.2, 0) is 13.1 Å². The first-order valence-corrected chi connectivity index (χ1v) is 7.55. The Hall–Kier alpha value is -1.55. The molecule has 0 amide bonds. The summed E-state index contributed by atoms with van der Waals surface area (Å²) in [4.78, 5) is 0. The van der Waals surface area contributed by atoms with Crippen molar-refractivity contribution in [1.82, 2.24) is 15.1 Å². The van der Waals surface area contributed by atoms with Gasteiger partial charge in [0, 0.05) is 18.3 Å². The minimum atomic E-state index is 0.708. The molecule has 0 bridgehead atoms. The van der Waals surface area contributed by atoms with Crippen LogP contribution in [0, 0.1) is 13.8 Å². The average Bonchev–Trinajstić information content (AvgIpc) is 3.07. The van der Waals surface area contributed by atoms with Crippen molar-refractivity contribution in [3.05, 3.63) is 29.3 Å². The zero-order valence-corrected chi connectivity index (χ0v) is 12.6. The third-order valence-electron chi connectivity index (χ3n) is 3.87. The van der Waals surface area contributed by atoms with Gasteiger partial charge in [-0.3, -0.25) is 4.68 Å². The molecule has 0 radical (unpaired) electrons. The van der Waals surface area contributed by atoms with Crippen LogP contribution in [0.15, 0.2) is 16.5 Å². The molecule has 1 aliphatic rings. The number of nitrogens with one attached hydrogen (secondary N) is 1. The van der Waals surface area contributed by atoms with Crippen LogP contribution in [0.1, 0.15) is 43.3 Å². The smallest absolute Gasteiger partial charge is 0.138 e. The summed E-state index contributed by atoms with van der Waals surface area (Å²) in [7, 11) is 0. The third-order valence-corrected chi connectivity index (χ3v) is 3.87. The van der Waals surface area contributed by atoms with Crippen molar-refractivity contribution in [3.63, 3.8) is 0 Å². The van der Waals surface area contributed by atoms with Crippen molar-refractivity contribution < 1.29 is 4.42 Å². The van der Waals surface area contributed by atoms with Gasteiger partial charge in [-0.2, -0.15) is 5.10 Å². The van der Waals surface area contributed by atoms with Crippen LogP contribution in [0.2, 0.25) is 0 Å². The molecule has 108 valence electrons. The second-order valence-corrected chi connectivity index (χ2v) is 5.69. The van der Waals surface area contributed by atoms with Crippen LogP contribution >= 0.6 is 0 Å². The Kier molecular flexibility index (Phi) is 3.66. The van der Waals surface area contributed by atoms with Crippen molar-refractivity contribution in [2.24, 2.45) is 0 Å². The van der Waals surface area contributed by atoms with E-state index in [9.17, 15) is 0 Å². The molecule has 0 aliphatic heterocycles. The Bertz CT molecular complexity index is 593. The first kappa shape index (κ1) is 13.4. The van der Waals surface area contributed by atoms with Crippen LogP contribution in [0.4, 0.5) is 0 Å². The fourth-order valence-electron chi connectivity index (χ4n) is 2.62. The fraction of sp³-hybridized carbons (Fsp3) is 0.562. The van der Waals surface area contributed by atoms with E-state index in [0.717, 1.165) is 42.3 Å². The molecule has 1 saturated carbocycles. The van der Waals surface area contributed by atoms with E-state index in [2.05, 4.69) is 48.0 Å². The summed E-state index contributed by atoms with van der Waals surface area (Å²) in [6.45, 7) is 8.13. The summed E-state index contributed by atoms with van der Waals surface area (Å²) in [5.74, 6) is 1.95. The molecule has 20 heavy (non-hydrogen) atoms.